The van der Waals surface area contributed by atoms with Crippen LogP contribution in [0.15, 0.2) is 12.3 Å². The summed E-state index contributed by atoms with van der Waals surface area (Å²) in [6.45, 7) is 3.47. The Balaban J connectivity index is 4.15. The van der Waals surface area contributed by atoms with Gasteiger partial charge in [0.1, 0.15) is 5.76 Å². The van der Waals surface area contributed by atoms with Gasteiger partial charge >= 0.3 is 5.97 Å². The number of ether oxygens (including phenoxy) is 3. The molecule has 0 heterocycles. The predicted molar refractivity (Wildman–Crippen MR) is 39.0 cm³/mol. The van der Waals surface area contributed by atoms with Gasteiger partial charge in [0.25, 0.3) is 0 Å². The van der Waals surface area contributed by atoms with Gasteiger partial charge in [0, 0.05) is 7.11 Å². The Bertz CT molecular complexity index is 137. The lowest BCUT2D eigenvalue weighted by atomic mass is 10.3. The first-order valence-electron chi connectivity index (χ1n) is 3.00. The maximum absolute atomic E-state index is 10.9. The molecule has 0 aliphatic heterocycles. The molecule has 0 aromatic rings. The van der Waals surface area contributed by atoms with Crippen molar-refractivity contribution in [2.45, 2.75) is 6.10 Å². The summed E-state index contributed by atoms with van der Waals surface area (Å²) in [7, 11) is 4.07. The summed E-state index contributed by atoms with van der Waals surface area (Å²) < 4.78 is 13.9. The summed E-state index contributed by atoms with van der Waals surface area (Å²) in [6, 6.07) is 0. The molecule has 0 saturated heterocycles. The lowest BCUT2D eigenvalue weighted by Crippen LogP contribution is -2.26. The first-order chi connectivity index (χ1) is 5.17. The fraction of sp³-hybridized carbons (Fsp3) is 0.571. The second-order valence-electron chi connectivity index (χ2n) is 1.81. The second-order valence-corrected chi connectivity index (χ2v) is 1.81. The third-order valence-corrected chi connectivity index (χ3v) is 1.21. The summed E-state index contributed by atoms with van der Waals surface area (Å²) in [5, 5.41) is 0. The van der Waals surface area contributed by atoms with Crippen molar-refractivity contribution in [3.8, 4) is 0 Å². The van der Waals surface area contributed by atoms with E-state index in [2.05, 4.69) is 11.3 Å². The molecule has 0 spiro atoms. The van der Waals surface area contributed by atoms with Crippen LogP contribution in [-0.4, -0.2) is 33.4 Å². The monoisotopic (exact) mass is 160 g/mol. The quantitative estimate of drug-likeness (QED) is 0.439. The molecule has 64 valence electrons. The highest BCUT2D eigenvalue weighted by Gasteiger charge is 2.22. The van der Waals surface area contributed by atoms with Crippen LogP contribution in [0.5, 0.6) is 0 Å². The van der Waals surface area contributed by atoms with Crippen LogP contribution in [0.4, 0.5) is 0 Å². The molecule has 4 nitrogen and oxygen atoms in total. The lowest BCUT2D eigenvalue weighted by molar-refractivity contribution is -0.151. The maximum Gasteiger partial charge on any atom is 0.342 e. The highest BCUT2D eigenvalue weighted by Crippen LogP contribution is 2.05. The lowest BCUT2D eigenvalue weighted by Gasteiger charge is -2.13. The zero-order chi connectivity index (χ0) is 8.85. The van der Waals surface area contributed by atoms with Gasteiger partial charge < -0.3 is 14.2 Å². The van der Waals surface area contributed by atoms with E-state index in [4.69, 9.17) is 9.47 Å². The Kier molecular flexibility index (Phi) is 4.29. The van der Waals surface area contributed by atoms with Crippen molar-refractivity contribution in [1.82, 2.24) is 0 Å². The van der Waals surface area contributed by atoms with Crippen molar-refractivity contribution < 1.29 is 19.0 Å². The molecule has 0 fully saturated rings. The van der Waals surface area contributed by atoms with Crippen LogP contribution in [0.25, 0.3) is 0 Å². The minimum atomic E-state index is -0.829. The Morgan fingerprint density at radius 2 is 1.82 bits per heavy atom. The van der Waals surface area contributed by atoms with Gasteiger partial charge in [0.2, 0.25) is 6.10 Å². The van der Waals surface area contributed by atoms with Crippen LogP contribution in [0.3, 0.4) is 0 Å². The molecule has 1 unspecified atom stereocenters. The summed E-state index contributed by atoms with van der Waals surface area (Å²) in [6.07, 6.45) is -0.829. The largest absolute Gasteiger partial charge is 0.498 e. The normalized spacial score (nSPS) is 11.9. The summed E-state index contributed by atoms with van der Waals surface area (Å²) in [5.74, 6) is -0.279. The van der Waals surface area contributed by atoms with Crippen LogP contribution in [0.1, 0.15) is 0 Å². The van der Waals surface area contributed by atoms with Gasteiger partial charge in [-0.1, -0.05) is 6.58 Å². The molecular formula is C7H12O4. The summed E-state index contributed by atoms with van der Waals surface area (Å²) in [5.41, 5.74) is 0. The Morgan fingerprint density at radius 1 is 1.27 bits per heavy atom. The van der Waals surface area contributed by atoms with Gasteiger partial charge in [-0.15, -0.1) is 0 Å². The maximum atomic E-state index is 10.9. The molecule has 0 N–H and O–H groups in total. The fourth-order valence-corrected chi connectivity index (χ4v) is 0.573. The van der Waals surface area contributed by atoms with E-state index >= 15 is 0 Å². The Hall–Kier alpha value is -1.03. The van der Waals surface area contributed by atoms with Crippen LogP contribution in [-0.2, 0) is 19.0 Å². The zero-order valence-electron chi connectivity index (χ0n) is 6.92. The van der Waals surface area contributed by atoms with E-state index in [1.165, 1.54) is 21.3 Å². The highest BCUT2D eigenvalue weighted by atomic mass is 16.6. The fourth-order valence-electron chi connectivity index (χ4n) is 0.573. The number of carbonyl (C=O) groups excluding carboxylic acids is 1. The molecule has 0 radical (unpaired) electrons. The zero-order valence-corrected chi connectivity index (χ0v) is 6.92. The van der Waals surface area contributed by atoms with Crippen LogP contribution in [0, 0.1) is 0 Å². The van der Waals surface area contributed by atoms with E-state index in [1.807, 2.05) is 0 Å². The van der Waals surface area contributed by atoms with Crippen molar-refractivity contribution in [1.29, 1.82) is 0 Å². The molecule has 11 heavy (non-hydrogen) atoms. The first-order valence-corrected chi connectivity index (χ1v) is 3.00. The minimum absolute atomic E-state index is 0.236. The first kappa shape index (κ1) is 9.97. The van der Waals surface area contributed by atoms with E-state index < -0.39 is 12.1 Å². The third-order valence-electron chi connectivity index (χ3n) is 1.21. The number of rotatable bonds is 4. The molecule has 0 bridgehead atoms. The van der Waals surface area contributed by atoms with Crippen molar-refractivity contribution in [2.24, 2.45) is 0 Å². The van der Waals surface area contributed by atoms with Gasteiger partial charge in [-0.3, -0.25) is 0 Å². The van der Waals surface area contributed by atoms with Gasteiger partial charge in [-0.2, -0.15) is 0 Å². The predicted octanol–water partition coefficient (Wildman–Crippen LogP) is 0.335. The van der Waals surface area contributed by atoms with Crippen LogP contribution >= 0.6 is 0 Å². The van der Waals surface area contributed by atoms with Gasteiger partial charge in [0.05, 0.1) is 14.2 Å². The second kappa shape index (κ2) is 4.73. The number of hydrogen-bond acceptors (Lipinski definition) is 4. The van der Waals surface area contributed by atoms with Crippen molar-refractivity contribution in [3.63, 3.8) is 0 Å². The molecule has 0 aliphatic rings. The average Bonchev–Trinajstić information content (AvgIpc) is 2.05. The highest BCUT2D eigenvalue weighted by molar-refractivity contribution is 5.77. The van der Waals surface area contributed by atoms with Crippen molar-refractivity contribution >= 4 is 5.97 Å². The molecule has 0 saturated carbocycles. The van der Waals surface area contributed by atoms with Crippen LogP contribution in [0.2, 0.25) is 0 Å². The molecule has 0 amide bonds. The minimum Gasteiger partial charge on any atom is -0.498 e. The smallest absolute Gasteiger partial charge is 0.342 e. The van der Waals surface area contributed by atoms with E-state index in [0.717, 1.165) is 0 Å². The Labute approximate surface area is 65.7 Å². The Morgan fingerprint density at radius 3 is 2.09 bits per heavy atom. The van der Waals surface area contributed by atoms with Gasteiger partial charge in [0.15, 0.2) is 0 Å². The van der Waals surface area contributed by atoms with Crippen molar-refractivity contribution in [2.75, 3.05) is 21.3 Å². The number of carbonyl (C=O) groups is 1. The molecule has 1 atom stereocenters. The molecule has 4 heteroatoms. The number of hydrogen-bond donors (Lipinski definition) is 0. The summed E-state index contributed by atoms with van der Waals surface area (Å²) in [4.78, 5) is 10.9. The van der Waals surface area contributed by atoms with Gasteiger partial charge in [-0.05, 0) is 0 Å². The van der Waals surface area contributed by atoms with Crippen molar-refractivity contribution in [3.05, 3.63) is 12.3 Å². The molecular weight excluding hydrogens is 148 g/mol. The van der Waals surface area contributed by atoms with E-state index in [-0.39, 0.29) is 5.76 Å². The van der Waals surface area contributed by atoms with E-state index in [9.17, 15) is 4.79 Å². The third kappa shape index (κ3) is 2.59. The number of methoxy groups -OCH3 is 3. The number of esters is 1. The standard InChI is InChI=1S/C7H12O4/c1-5(9-2)6(10-3)7(8)11-4/h6H,1H2,2-4H3. The summed E-state index contributed by atoms with van der Waals surface area (Å²) >= 11 is 0. The van der Waals surface area contributed by atoms with Gasteiger partial charge in [-0.25, -0.2) is 4.79 Å². The SMILES string of the molecule is C=C(OC)C(OC)C(=O)OC. The molecule has 0 aliphatic carbocycles. The molecule has 0 aromatic carbocycles. The van der Waals surface area contributed by atoms with E-state index in [1.54, 1.807) is 0 Å². The average molecular weight is 160 g/mol. The molecule has 0 rings (SSSR count). The molecule has 0 aromatic heterocycles. The topological polar surface area (TPSA) is 44.8 Å². The van der Waals surface area contributed by atoms with E-state index in [0.29, 0.717) is 0 Å². The van der Waals surface area contributed by atoms with Crippen LogP contribution < -0.4 is 0 Å².